The Bertz CT molecular complexity index is 824. The molecule has 3 rings (SSSR count). The van der Waals surface area contributed by atoms with Gasteiger partial charge in [0, 0.05) is 6.20 Å². The van der Waals surface area contributed by atoms with Gasteiger partial charge in [-0.3, -0.25) is 4.57 Å². The van der Waals surface area contributed by atoms with E-state index in [0.29, 0.717) is 21.5 Å². The predicted molar refractivity (Wildman–Crippen MR) is 87.9 cm³/mol. The number of nitrogens with zero attached hydrogens (tertiary/aromatic N) is 3. The van der Waals surface area contributed by atoms with Gasteiger partial charge in [0.2, 0.25) is 0 Å². The largest absolute Gasteiger partial charge is 0.278 e. The Morgan fingerprint density at radius 1 is 1.24 bits per heavy atom. The lowest BCUT2D eigenvalue weighted by atomic mass is 10.3. The summed E-state index contributed by atoms with van der Waals surface area (Å²) in [6.07, 6.45) is 1.79. The zero-order valence-electron chi connectivity index (χ0n) is 11.4. The van der Waals surface area contributed by atoms with E-state index in [-0.39, 0.29) is 5.38 Å². The summed E-state index contributed by atoms with van der Waals surface area (Å²) < 4.78 is 1.86. The zero-order valence-corrected chi connectivity index (χ0v) is 13.7. The summed E-state index contributed by atoms with van der Waals surface area (Å²) in [4.78, 5) is 9.06. The minimum atomic E-state index is -0.283. The molecule has 1 unspecified atom stereocenters. The molecule has 0 N–H and O–H groups in total. The van der Waals surface area contributed by atoms with Crippen LogP contribution in [0.2, 0.25) is 10.0 Å². The summed E-state index contributed by atoms with van der Waals surface area (Å²) in [5.74, 6) is 0.689. The van der Waals surface area contributed by atoms with Gasteiger partial charge in [-0.15, -0.1) is 11.6 Å². The van der Waals surface area contributed by atoms with Crippen LogP contribution < -0.4 is 0 Å². The number of fused-ring (bicyclic) bond motifs is 1. The van der Waals surface area contributed by atoms with E-state index in [1.807, 2.05) is 36.6 Å². The number of imidazole rings is 1. The van der Waals surface area contributed by atoms with Crippen molar-refractivity contribution >= 4 is 46.0 Å². The van der Waals surface area contributed by atoms with Crippen LogP contribution in [0.5, 0.6) is 0 Å². The average Bonchev–Trinajstić information content (AvgIpc) is 2.80. The first kappa shape index (κ1) is 14.6. The highest BCUT2D eigenvalue weighted by Crippen LogP contribution is 2.34. The highest BCUT2D eigenvalue weighted by atomic mass is 35.5. The fraction of sp³-hybridized carbons (Fsp3) is 0.200. The Labute approximate surface area is 137 Å². The molecule has 2 heterocycles. The number of pyridine rings is 1. The maximum atomic E-state index is 6.34. The Balaban J connectivity index is 2.39. The first-order valence-electron chi connectivity index (χ1n) is 6.42. The third kappa shape index (κ3) is 2.50. The van der Waals surface area contributed by atoms with Crippen molar-refractivity contribution in [3.8, 4) is 5.69 Å². The Hall–Kier alpha value is -1.29. The summed E-state index contributed by atoms with van der Waals surface area (Å²) in [5.41, 5.74) is 3.27. The van der Waals surface area contributed by atoms with E-state index in [0.717, 1.165) is 16.8 Å². The molecular formula is C15H12Cl3N3. The molecule has 2 aromatic heterocycles. The van der Waals surface area contributed by atoms with Gasteiger partial charge >= 0.3 is 0 Å². The molecule has 0 saturated carbocycles. The van der Waals surface area contributed by atoms with E-state index < -0.39 is 0 Å². The Kier molecular flexibility index (Phi) is 3.82. The SMILES string of the molecule is Cc1cnc2c(c1)nc(C(C)Cl)n2-c1cccc(Cl)c1Cl. The lowest BCUT2D eigenvalue weighted by molar-refractivity contribution is 0.877. The van der Waals surface area contributed by atoms with Gasteiger partial charge in [-0.05, 0) is 37.6 Å². The van der Waals surface area contributed by atoms with Crippen LogP contribution in [0.3, 0.4) is 0 Å². The number of aryl methyl sites for hydroxylation is 1. The molecule has 0 aliphatic heterocycles. The number of halogens is 3. The summed E-state index contributed by atoms with van der Waals surface area (Å²) in [6, 6.07) is 7.43. The van der Waals surface area contributed by atoms with Gasteiger partial charge in [-0.25, -0.2) is 9.97 Å². The molecule has 6 heteroatoms. The smallest absolute Gasteiger partial charge is 0.164 e. The second kappa shape index (κ2) is 5.48. The molecule has 21 heavy (non-hydrogen) atoms. The van der Waals surface area contributed by atoms with Crippen LogP contribution in [0.1, 0.15) is 23.7 Å². The number of aromatic nitrogens is 3. The summed E-state index contributed by atoms with van der Waals surface area (Å²) in [7, 11) is 0. The molecule has 3 nitrogen and oxygen atoms in total. The van der Waals surface area contributed by atoms with Crippen molar-refractivity contribution in [3.63, 3.8) is 0 Å². The van der Waals surface area contributed by atoms with E-state index in [1.54, 1.807) is 12.3 Å². The topological polar surface area (TPSA) is 30.7 Å². The van der Waals surface area contributed by atoms with E-state index in [1.165, 1.54) is 0 Å². The Morgan fingerprint density at radius 2 is 2.00 bits per heavy atom. The van der Waals surface area contributed by atoms with Crippen molar-refractivity contribution in [3.05, 3.63) is 51.9 Å². The summed E-state index contributed by atoms with van der Waals surface area (Å²) in [5, 5.41) is 0.658. The van der Waals surface area contributed by atoms with Crippen LogP contribution in [0.25, 0.3) is 16.9 Å². The van der Waals surface area contributed by atoms with E-state index in [2.05, 4.69) is 9.97 Å². The van der Waals surface area contributed by atoms with Crippen LogP contribution in [-0.2, 0) is 0 Å². The number of hydrogen-bond acceptors (Lipinski definition) is 2. The lowest BCUT2D eigenvalue weighted by Gasteiger charge is -2.12. The highest BCUT2D eigenvalue weighted by Gasteiger charge is 2.19. The van der Waals surface area contributed by atoms with Crippen molar-refractivity contribution in [2.24, 2.45) is 0 Å². The van der Waals surface area contributed by atoms with E-state index in [4.69, 9.17) is 34.8 Å². The molecule has 0 fully saturated rings. The second-order valence-corrected chi connectivity index (χ2v) is 6.29. The van der Waals surface area contributed by atoms with Gasteiger partial charge in [-0.1, -0.05) is 29.3 Å². The first-order chi connectivity index (χ1) is 9.99. The van der Waals surface area contributed by atoms with Gasteiger partial charge in [0.15, 0.2) is 5.65 Å². The average molecular weight is 341 g/mol. The van der Waals surface area contributed by atoms with Crippen molar-refractivity contribution in [1.29, 1.82) is 0 Å². The van der Waals surface area contributed by atoms with Crippen LogP contribution >= 0.6 is 34.8 Å². The molecule has 0 aliphatic rings. The van der Waals surface area contributed by atoms with Crippen LogP contribution in [-0.4, -0.2) is 14.5 Å². The monoisotopic (exact) mass is 339 g/mol. The molecule has 0 radical (unpaired) electrons. The lowest BCUT2D eigenvalue weighted by Crippen LogP contribution is -2.03. The summed E-state index contributed by atoms with van der Waals surface area (Å²) in [6.45, 7) is 3.84. The highest BCUT2D eigenvalue weighted by molar-refractivity contribution is 6.43. The third-order valence-electron chi connectivity index (χ3n) is 3.19. The molecule has 1 aromatic carbocycles. The Morgan fingerprint density at radius 3 is 2.71 bits per heavy atom. The van der Waals surface area contributed by atoms with Gasteiger partial charge < -0.3 is 0 Å². The molecule has 0 amide bonds. The second-order valence-electron chi connectivity index (χ2n) is 4.85. The van der Waals surface area contributed by atoms with Gasteiger partial charge in [0.25, 0.3) is 0 Å². The minimum Gasteiger partial charge on any atom is -0.278 e. The van der Waals surface area contributed by atoms with Crippen LogP contribution in [0, 0.1) is 6.92 Å². The third-order valence-corrected chi connectivity index (χ3v) is 4.19. The maximum Gasteiger partial charge on any atom is 0.164 e. The fourth-order valence-electron chi connectivity index (χ4n) is 2.25. The van der Waals surface area contributed by atoms with Gasteiger partial charge in [-0.2, -0.15) is 0 Å². The molecule has 0 saturated heterocycles. The number of hydrogen-bond donors (Lipinski definition) is 0. The molecule has 0 aliphatic carbocycles. The fourth-order valence-corrected chi connectivity index (χ4v) is 2.78. The van der Waals surface area contributed by atoms with Crippen molar-refractivity contribution < 1.29 is 0 Å². The number of alkyl halides is 1. The maximum absolute atomic E-state index is 6.34. The molecule has 3 aromatic rings. The van der Waals surface area contributed by atoms with Crippen LogP contribution in [0.15, 0.2) is 30.5 Å². The van der Waals surface area contributed by atoms with Crippen LogP contribution in [0.4, 0.5) is 0 Å². The number of rotatable bonds is 2. The van der Waals surface area contributed by atoms with E-state index >= 15 is 0 Å². The van der Waals surface area contributed by atoms with Crippen molar-refractivity contribution in [2.45, 2.75) is 19.2 Å². The van der Waals surface area contributed by atoms with Gasteiger partial charge in [0.05, 0.1) is 21.1 Å². The van der Waals surface area contributed by atoms with Crippen molar-refractivity contribution in [2.75, 3.05) is 0 Å². The molecule has 108 valence electrons. The van der Waals surface area contributed by atoms with Gasteiger partial charge in [0.1, 0.15) is 11.3 Å². The zero-order chi connectivity index (χ0) is 15.1. The minimum absolute atomic E-state index is 0.283. The first-order valence-corrected chi connectivity index (χ1v) is 7.61. The van der Waals surface area contributed by atoms with E-state index in [9.17, 15) is 0 Å². The standard InChI is InChI=1S/C15H12Cl3N3/c1-8-6-11-15(19-7-8)21(14(20-11)9(2)16)12-5-3-4-10(17)13(12)18/h3-7,9H,1-2H3. The number of benzene rings is 1. The predicted octanol–water partition coefficient (Wildman–Crippen LogP) is 5.34. The quantitative estimate of drug-likeness (QED) is 0.590. The normalized spacial score (nSPS) is 12.8. The summed E-state index contributed by atoms with van der Waals surface area (Å²) >= 11 is 18.7. The molecule has 0 spiro atoms. The molecule has 1 atom stereocenters. The molecule has 0 bridgehead atoms. The van der Waals surface area contributed by atoms with Crippen molar-refractivity contribution in [1.82, 2.24) is 14.5 Å². The molecular weight excluding hydrogens is 329 g/mol.